The zero-order chi connectivity index (χ0) is 30.2. The minimum Gasteiger partial charge on any atom is -0.468 e. The Kier molecular flexibility index (Phi) is 7.11. The third-order valence-electron chi connectivity index (χ3n) is 7.75. The van der Waals surface area contributed by atoms with E-state index in [1.807, 2.05) is 42.5 Å². The SMILES string of the molecule is COC(=O)C(Cc1cc2ccccc2n1S(=O)(=O)c1ccccc1)(C(=O)OC)c1ccn(-c2ccc3ccccc3c2)c1. The fourth-order valence-electron chi connectivity index (χ4n) is 5.62. The van der Waals surface area contributed by atoms with Gasteiger partial charge in [-0.05, 0) is 58.8 Å². The van der Waals surface area contributed by atoms with Crippen molar-refractivity contribution in [2.75, 3.05) is 14.2 Å². The van der Waals surface area contributed by atoms with E-state index in [4.69, 9.17) is 9.47 Å². The largest absolute Gasteiger partial charge is 0.468 e. The molecule has 0 fully saturated rings. The summed E-state index contributed by atoms with van der Waals surface area (Å²) < 4.78 is 41.5. The molecule has 0 aliphatic rings. The molecular weight excluding hydrogens is 564 g/mol. The fraction of sp³-hybridized carbons (Fsp3) is 0.118. The van der Waals surface area contributed by atoms with Crippen LogP contribution in [0.4, 0.5) is 0 Å². The summed E-state index contributed by atoms with van der Waals surface area (Å²) >= 11 is 0. The molecule has 0 aliphatic carbocycles. The molecule has 9 heteroatoms. The van der Waals surface area contributed by atoms with E-state index in [-0.39, 0.29) is 17.0 Å². The summed E-state index contributed by atoms with van der Waals surface area (Å²) in [7, 11) is -1.74. The van der Waals surface area contributed by atoms with Gasteiger partial charge in [0, 0.05) is 35.6 Å². The number of ether oxygens (including phenoxy) is 2. The maximum atomic E-state index is 14.1. The number of benzene rings is 4. The molecule has 0 saturated heterocycles. The molecule has 0 amide bonds. The molecule has 8 nitrogen and oxygen atoms in total. The Hall–Kier alpha value is -5.15. The van der Waals surface area contributed by atoms with Gasteiger partial charge in [-0.1, -0.05) is 66.7 Å². The number of hydrogen-bond acceptors (Lipinski definition) is 6. The van der Waals surface area contributed by atoms with Crippen molar-refractivity contribution in [3.05, 3.63) is 133 Å². The summed E-state index contributed by atoms with van der Waals surface area (Å²) in [4.78, 5) is 27.5. The topological polar surface area (TPSA) is 96.6 Å². The van der Waals surface area contributed by atoms with E-state index in [0.29, 0.717) is 16.5 Å². The van der Waals surface area contributed by atoms with Gasteiger partial charge in [-0.25, -0.2) is 12.4 Å². The maximum absolute atomic E-state index is 14.1. The van der Waals surface area contributed by atoms with Gasteiger partial charge in [-0.3, -0.25) is 9.59 Å². The maximum Gasteiger partial charge on any atom is 0.328 e. The van der Waals surface area contributed by atoms with Crippen LogP contribution >= 0.6 is 0 Å². The van der Waals surface area contributed by atoms with Crippen LogP contribution in [0.3, 0.4) is 0 Å². The highest BCUT2D eigenvalue weighted by Crippen LogP contribution is 2.36. The van der Waals surface area contributed by atoms with Gasteiger partial charge in [-0.15, -0.1) is 0 Å². The molecule has 6 aromatic rings. The first-order valence-electron chi connectivity index (χ1n) is 13.5. The van der Waals surface area contributed by atoms with Gasteiger partial charge >= 0.3 is 11.9 Å². The number of fused-ring (bicyclic) bond motifs is 2. The predicted octanol–water partition coefficient (Wildman–Crippen LogP) is 5.65. The van der Waals surface area contributed by atoms with Gasteiger partial charge in [0.25, 0.3) is 10.0 Å². The second-order valence-corrected chi connectivity index (χ2v) is 12.0. The van der Waals surface area contributed by atoms with E-state index in [2.05, 4.69) is 0 Å². The second-order valence-electron chi connectivity index (χ2n) is 10.2. The Balaban J connectivity index is 1.54. The molecule has 0 atom stereocenters. The van der Waals surface area contributed by atoms with Crippen LogP contribution in [0.1, 0.15) is 11.3 Å². The molecule has 43 heavy (non-hydrogen) atoms. The lowest BCUT2D eigenvalue weighted by molar-refractivity contribution is -0.162. The van der Waals surface area contributed by atoms with Crippen LogP contribution in [0, 0.1) is 0 Å². The third-order valence-corrected chi connectivity index (χ3v) is 9.53. The molecule has 0 spiro atoms. The Morgan fingerprint density at radius 3 is 2.05 bits per heavy atom. The summed E-state index contributed by atoms with van der Waals surface area (Å²) in [5.41, 5.74) is -0.259. The van der Waals surface area contributed by atoms with Gasteiger partial charge in [-0.2, -0.15) is 0 Å². The van der Waals surface area contributed by atoms with Crippen molar-refractivity contribution in [1.82, 2.24) is 8.54 Å². The number of nitrogens with zero attached hydrogens (tertiary/aromatic N) is 2. The standard InChI is InChI=1S/C34H28N2O6S/c1-41-32(37)34(33(38)42-2,27-18-19-35(23-27)28-17-16-24-10-6-7-11-25(24)20-28)22-29-21-26-12-8-9-15-31(26)36(29)43(39,40)30-13-4-3-5-14-30/h3-21,23H,22H2,1-2H3. The zero-order valence-electron chi connectivity index (χ0n) is 23.5. The fourth-order valence-corrected chi connectivity index (χ4v) is 7.19. The summed E-state index contributed by atoms with van der Waals surface area (Å²) in [5, 5.41) is 2.73. The number of aromatic nitrogens is 2. The van der Waals surface area contributed by atoms with E-state index in [1.54, 1.807) is 71.6 Å². The molecule has 216 valence electrons. The number of esters is 2. The molecule has 0 radical (unpaired) electrons. The lowest BCUT2D eigenvalue weighted by Crippen LogP contribution is -2.47. The highest BCUT2D eigenvalue weighted by Gasteiger charge is 2.52. The van der Waals surface area contributed by atoms with Crippen LogP contribution in [0.2, 0.25) is 0 Å². The molecule has 4 aromatic carbocycles. The number of methoxy groups -OCH3 is 2. The highest BCUT2D eigenvalue weighted by molar-refractivity contribution is 7.90. The van der Waals surface area contributed by atoms with Crippen molar-refractivity contribution >= 4 is 43.6 Å². The lowest BCUT2D eigenvalue weighted by Gasteiger charge is -2.28. The number of para-hydroxylation sites is 1. The van der Waals surface area contributed by atoms with Crippen molar-refractivity contribution in [3.8, 4) is 5.69 Å². The van der Waals surface area contributed by atoms with Crippen LogP contribution in [0.15, 0.2) is 126 Å². The molecule has 0 N–H and O–H groups in total. The molecular formula is C34H28N2O6S. The van der Waals surface area contributed by atoms with E-state index in [0.717, 1.165) is 16.5 Å². The van der Waals surface area contributed by atoms with Crippen molar-refractivity contribution in [2.45, 2.75) is 16.7 Å². The Labute approximate surface area is 248 Å². The molecule has 0 aliphatic heterocycles. The summed E-state index contributed by atoms with van der Waals surface area (Å²) in [6.45, 7) is 0. The molecule has 0 saturated carbocycles. The second kappa shape index (κ2) is 10.9. The summed E-state index contributed by atoms with van der Waals surface area (Å²) in [6, 6.07) is 32.2. The average Bonchev–Trinajstić information content (AvgIpc) is 3.69. The van der Waals surface area contributed by atoms with Crippen LogP contribution in [0.5, 0.6) is 0 Å². The van der Waals surface area contributed by atoms with Crippen LogP contribution < -0.4 is 0 Å². The van der Waals surface area contributed by atoms with Gasteiger partial charge in [0.1, 0.15) is 0 Å². The van der Waals surface area contributed by atoms with Crippen molar-refractivity contribution in [2.24, 2.45) is 0 Å². The lowest BCUT2D eigenvalue weighted by atomic mass is 9.77. The predicted molar refractivity (Wildman–Crippen MR) is 164 cm³/mol. The minimum atomic E-state index is -4.12. The van der Waals surface area contributed by atoms with Gasteiger partial charge in [0.05, 0.1) is 24.6 Å². The van der Waals surface area contributed by atoms with E-state index < -0.39 is 27.4 Å². The van der Waals surface area contributed by atoms with Crippen molar-refractivity contribution in [3.63, 3.8) is 0 Å². The van der Waals surface area contributed by atoms with E-state index >= 15 is 0 Å². The van der Waals surface area contributed by atoms with Crippen LogP contribution in [0.25, 0.3) is 27.4 Å². The summed E-state index contributed by atoms with van der Waals surface area (Å²) in [6.07, 6.45) is 3.09. The highest BCUT2D eigenvalue weighted by atomic mass is 32.2. The Morgan fingerprint density at radius 2 is 1.35 bits per heavy atom. The van der Waals surface area contributed by atoms with Crippen LogP contribution in [-0.2, 0) is 40.9 Å². The molecule has 2 heterocycles. The van der Waals surface area contributed by atoms with E-state index in [9.17, 15) is 18.0 Å². The number of hydrogen-bond donors (Lipinski definition) is 0. The smallest absolute Gasteiger partial charge is 0.328 e. The molecule has 2 aromatic heterocycles. The zero-order valence-corrected chi connectivity index (χ0v) is 24.3. The van der Waals surface area contributed by atoms with Gasteiger partial charge in [0.15, 0.2) is 5.41 Å². The third kappa shape index (κ3) is 4.67. The average molecular weight is 593 g/mol. The van der Waals surface area contributed by atoms with Gasteiger partial charge in [0.2, 0.25) is 0 Å². The normalized spacial score (nSPS) is 12.0. The molecule has 0 bridgehead atoms. The Bertz CT molecular complexity index is 2080. The molecule has 0 unspecified atom stereocenters. The Morgan fingerprint density at radius 1 is 0.721 bits per heavy atom. The van der Waals surface area contributed by atoms with E-state index in [1.165, 1.54) is 30.3 Å². The minimum absolute atomic E-state index is 0.0711. The molecule has 6 rings (SSSR count). The number of carbonyl (C=O) groups is 2. The van der Waals surface area contributed by atoms with Crippen LogP contribution in [-0.4, -0.2) is 43.1 Å². The number of rotatable bonds is 8. The van der Waals surface area contributed by atoms with Crippen molar-refractivity contribution in [1.29, 1.82) is 0 Å². The van der Waals surface area contributed by atoms with Gasteiger partial charge < -0.3 is 14.0 Å². The monoisotopic (exact) mass is 592 g/mol. The number of carbonyl (C=O) groups excluding carboxylic acids is 2. The first-order chi connectivity index (χ1) is 20.8. The first kappa shape index (κ1) is 28.0. The van der Waals surface area contributed by atoms with Crippen molar-refractivity contribution < 1.29 is 27.5 Å². The summed E-state index contributed by atoms with van der Waals surface area (Å²) in [5.74, 6) is -1.74. The first-order valence-corrected chi connectivity index (χ1v) is 15.0. The quantitative estimate of drug-likeness (QED) is 0.167.